The van der Waals surface area contributed by atoms with Crippen molar-refractivity contribution >= 4 is 29.2 Å². The first-order chi connectivity index (χ1) is 9.02. The van der Waals surface area contributed by atoms with E-state index in [0.29, 0.717) is 18.0 Å². The summed E-state index contributed by atoms with van der Waals surface area (Å²) in [6.07, 6.45) is 0.436. The molecule has 1 heterocycles. The van der Waals surface area contributed by atoms with E-state index in [4.69, 9.17) is 5.11 Å². The highest BCUT2D eigenvalue weighted by Gasteiger charge is 2.08. The second kappa shape index (κ2) is 7.31. The van der Waals surface area contributed by atoms with Gasteiger partial charge in [-0.15, -0.1) is 11.3 Å². The fourth-order valence-electron chi connectivity index (χ4n) is 1.12. The van der Waals surface area contributed by atoms with Gasteiger partial charge in [-0.25, -0.2) is 14.6 Å². The molecule has 4 N–H and O–H groups in total. The molecule has 1 rings (SSSR count). The maximum absolute atomic E-state index is 11.3. The van der Waals surface area contributed by atoms with Crippen LogP contribution in [-0.2, 0) is 11.2 Å². The fourth-order valence-corrected chi connectivity index (χ4v) is 1.89. The number of amides is 3. The van der Waals surface area contributed by atoms with E-state index in [1.165, 1.54) is 23.8 Å². The van der Waals surface area contributed by atoms with E-state index < -0.39 is 12.0 Å². The van der Waals surface area contributed by atoms with Crippen LogP contribution in [0.1, 0.15) is 15.5 Å². The van der Waals surface area contributed by atoms with Crippen molar-refractivity contribution in [1.29, 1.82) is 0 Å². The smallest absolute Gasteiger partial charge is 0.355 e. The summed E-state index contributed by atoms with van der Waals surface area (Å²) in [6.45, 7) is 0.217. The molecule has 1 aromatic rings. The topological polar surface area (TPSA) is 120 Å². The number of aromatic nitrogens is 1. The molecule has 0 aromatic carbocycles. The highest BCUT2D eigenvalue weighted by atomic mass is 32.1. The summed E-state index contributed by atoms with van der Waals surface area (Å²) < 4.78 is 0. The van der Waals surface area contributed by atoms with Gasteiger partial charge in [0.05, 0.1) is 11.6 Å². The third-order valence-corrected chi connectivity index (χ3v) is 2.99. The molecular formula is C10H14N4O4S. The Morgan fingerprint density at radius 2 is 2.11 bits per heavy atom. The fraction of sp³-hybridized carbons (Fsp3) is 0.400. The lowest BCUT2D eigenvalue weighted by atomic mass is 10.4. The van der Waals surface area contributed by atoms with Crippen LogP contribution in [0.2, 0.25) is 0 Å². The molecule has 0 radical (unpaired) electrons. The summed E-state index contributed by atoms with van der Waals surface area (Å²) >= 11 is 1.22. The van der Waals surface area contributed by atoms with Crippen LogP contribution in [-0.4, -0.2) is 48.1 Å². The standard InChI is InChI=1S/C10H14N4O4S/c1-11-7(15)4-13-10(18)12-3-2-8-14-6(5-19-8)9(16)17/h5H,2-4H2,1H3,(H,11,15)(H,16,17)(H2,12,13,18). The van der Waals surface area contributed by atoms with Crippen LogP contribution >= 0.6 is 11.3 Å². The summed E-state index contributed by atoms with van der Waals surface area (Å²) in [5, 5.41) is 18.0. The van der Waals surface area contributed by atoms with Gasteiger partial charge in [0.2, 0.25) is 5.91 Å². The van der Waals surface area contributed by atoms with Crippen molar-refractivity contribution in [1.82, 2.24) is 20.9 Å². The minimum absolute atomic E-state index is 0.00377. The number of carbonyl (C=O) groups excluding carboxylic acids is 2. The zero-order valence-corrected chi connectivity index (χ0v) is 11.0. The molecule has 0 atom stereocenters. The van der Waals surface area contributed by atoms with Crippen molar-refractivity contribution in [2.45, 2.75) is 6.42 Å². The SMILES string of the molecule is CNC(=O)CNC(=O)NCCc1nc(C(=O)O)cs1. The molecular weight excluding hydrogens is 272 g/mol. The number of hydrogen-bond donors (Lipinski definition) is 4. The normalized spacial score (nSPS) is 9.74. The number of thiazole rings is 1. The third kappa shape index (κ3) is 5.34. The molecule has 0 saturated heterocycles. The highest BCUT2D eigenvalue weighted by molar-refractivity contribution is 7.09. The number of nitrogens with zero attached hydrogens (tertiary/aromatic N) is 1. The Kier molecular flexibility index (Phi) is 5.73. The largest absolute Gasteiger partial charge is 0.476 e. The lowest BCUT2D eigenvalue weighted by Gasteiger charge is -2.05. The minimum atomic E-state index is -1.07. The zero-order chi connectivity index (χ0) is 14.3. The van der Waals surface area contributed by atoms with Gasteiger partial charge in [-0.1, -0.05) is 0 Å². The number of nitrogens with one attached hydrogen (secondary N) is 3. The second-order valence-electron chi connectivity index (χ2n) is 3.46. The first-order valence-corrected chi connectivity index (χ1v) is 6.31. The van der Waals surface area contributed by atoms with Crippen LogP contribution in [0.15, 0.2) is 5.38 Å². The molecule has 104 valence electrons. The lowest BCUT2D eigenvalue weighted by Crippen LogP contribution is -2.41. The van der Waals surface area contributed by atoms with Crippen molar-refractivity contribution < 1.29 is 19.5 Å². The van der Waals surface area contributed by atoms with Crippen LogP contribution in [0.25, 0.3) is 0 Å². The Bertz CT molecular complexity index is 474. The Labute approximate surface area is 113 Å². The van der Waals surface area contributed by atoms with Gasteiger partial charge in [0.25, 0.3) is 0 Å². The number of urea groups is 1. The van der Waals surface area contributed by atoms with E-state index in [0.717, 1.165) is 0 Å². The van der Waals surface area contributed by atoms with Gasteiger partial charge >= 0.3 is 12.0 Å². The Balaban J connectivity index is 2.24. The van der Waals surface area contributed by atoms with E-state index in [2.05, 4.69) is 20.9 Å². The third-order valence-electron chi connectivity index (χ3n) is 2.08. The van der Waals surface area contributed by atoms with E-state index in [9.17, 15) is 14.4 Å². The summed E-state index contributed by atoms with van der Waals surface area (Å²) in [5.74, 6) is -1.36. The minimum Gasteiger partial charge on any atom is -0.476 e. The van der Waals surface area contributed by atoms with E-state index >= 15 is 0 Å². The van der Waals surface area contributed by atoms with Gasteiger partial charge in [0.1, 0.15) is 0 Å². The first kappa shape index (κ1) is 14.9. The van der Waals surface area contributed by atoms with Crippen LogP contribution in [0.4, 0.5) is 4.79 Å². The zero-order valence-electron chi connectivity index (χ0n) is 10.2. The maximum Gasteiger partial charge on any atom is 0.355 e. The second-order valence-corrected chi connectivity index (χ2v) is 4.41. The molecule has 8 nitrogen and oxygen atoms in total. The van der Waals surface area contributed by atoms with Crippen molar-refractivity contribution in [3.05, 3.63) is 16.1 Å². The number of carbonyl (C=O) groups is 3. The van der Waals surface area contributed by atoms with Gasteiger partial charge in [-0.05, 0) is 0 Å². The van der Waals surface area contributed by atoms with Gasteiger partial charge in [-0.3, -0.25) is 4.79 Å². The van der Waals surface area contributed by atoms with Gasteiger partial charge in [-0.2, -0.15) is 0 Å². The molecule has 1 aromatic heterocycles. The van der Waals surface area contributed by atoms with Gasteiger partial charge in [0.15, 0.2) is 5.69 Å². The lowest BCUT2D eigenvalue weighted by molar-refractivity contribution is -0.119. The predicted molar refractivity (Wildman–Crippen MR) is 68.2 cm³/mol. The highest BCUT2D eigenvalue weighted by Crippen LogP contribution is 2.09. The van der Waals surface area contributed by atoms with Crippen molar-refractivity contribution in [3.63, 3.8) is 0 Å². The molecule has 0 aliphatic carbocycles. The van der Waals surface area contributed by atoms with E-state index in [-0.39, 0.29) is 18.1 Å². The molecule has 0 unspecified atom stereocenters. The van der Waals surface area contributed by atoms with Crippen LogP contribution in [0.5, 0.6) is 0 Å². The number of rotatable bonds is 6. The van der Waals surface area contributed by atoms with Crippen molar-refractivity contribution in [2.24, 2.45) is 0 Å². The van der Waals surface area contributed by atoms with Crippen LogP contribution in [0.3, 0.4) is 0 Å². The number of likely N-dealkylation sites (N-methyl/N-ethyl adjacent to an activating group) is 1. The number of hydrogen-bond acceptors (Lipinski definition) is 5. The monoisotopic (exact) mass is 286 g/mol. The summed E-state index contributed by atoms with van der Waals surface area (Å²) in [7, 11) is 1.48. The first-order valence-electron chi connectivity index (χ1n) is 5.43. The average Bonchev–Trinajstić information content (AvgIpc) is 2.85. The molecule has 0 fully saturated rings. The molecule has 19 heavy (non-hydrogen) atoms. The van der Waals surface area contributed by atoms with E-state index in [1.54, 1.807) is 0 Å². The van der Waals surface area contributed by atoms with Crippen molar-refractivity contribution in [3.8, 4) is 0 Å². The molecule has 0 aliphatic rings. The molecule has 0 saturated carbocycles. The number of carboxylic acid groups (broad SMARTS) is 1. The number of aromatic carboxylic acids is 1. The molecule has 0 aliphatic heterocycles. The maximum atomic E-state index is 11.3. The van der Waals surface area contributed by atoms with Crippen molar-refractivity contribution in [2.75, 3.05) is 20.1 Å². The van der Waals surface area contributed by atoms with Gasteiger partial charge < -0.3 is 21.1 Å². The van der Waals surface area contributed by atoms with Crippen LogP contribution in [0, 0.1) is 0 Å². The Hall–Kier alpha value is -2.16. The van der Waals surface area contributed by atoms with E-state index in [1.807, 2.05) is 0 Å². The number of carboxylic acids is 1. The summed E-state index contributed by atoms with van der Waals surface area (Å²) in [5.41, 5.74) is 0.00377. The quantitative estimate of drug-likeness (QED) is 0.558. The average molecular weight is 286 g/mol. The Morgan fingerprint density at radius 1 is 1.37 bits per heavy atom. The molecule has 3 amide bonds. The van der Waals surface area contributed by atoms with Crippen LogP contribution < -0.4 is 16.0 Å². The summed E-state index contributed by atoms with van der Waals surface area (Å²) in [4.78, 5) is 36.6. The Morgan fingerprint density at radius 3 is 2.68 bits per heavy atom. The van der Waals surface area contributed by atoms with Gasteiger partial charge in [0, 0.05) is 25.4 Å². The molecule has 0 bridgehead atoms. The molecule has 9 heteroatoms. The summed E-state index contributed by atoms with van der Waals surface area (Å²) in [6, 6.07) is -0.460. The molecule has 0 spiro atoms. The predicted octanol–water partition coefficient (Wildman–Crippen LogP) is -0.571.